The molecule has 0 atom stereocenters. The molecule has 21 heavy (non-hydrogen) atoms. The fraction of sp³-hybridized carbons (Fsp3) is 0.118. The zero-order valence-corrected chi connectivity index (χ0v) is 12.5. The molecule has 106 valence electrons. The monoisotopic (exact) mass is 298 g/mol. The van der Waals surface area contributed by atoms with Crippen LogP contribution in [0.4, 0.5) is 10.1 Å². The molecule has 2 aromatic carbocycles. The van der Waals surface area contributed by atoms with Gasteiger partial charge >= 0.3 is 0 Å². The third-order valence-corrected chi connectivity index (χ3v) is 4.37. The molecule has 0 radical (unpaired) electrons. The summed E-state index contributed by atoms with van der Waals surface area (Å²) >= 11 is 1.47. The van der Waals surface area contributed by atoms with E-state index in [-0.39, 0.29) is 5.82 Å². The highest BCUT2D eigenvalue weighted by Gasteiger charge is 2.07. The lowest BCUT2D eigenvalue weighted by atomic mass is 10.1. The first-order chi connectivity index (χ1) is 10.1. The van der Waals surface area contributed by atoms with Gasteiger partial charge in [0.05, 0.1) is 5.52 Å². The second-order valence-electron chi connectivity index (χ2n) is 4.92. The first-order valence-electron chi connectivity index (χ1n) is 6.66. The minimum atomic E-state index is -0.268. The van der Waals surface area contributed by atoms with Gasteiger partial charge < -0.3 is 5.73 Å². The number of thioether (sulfide) groups is 1. The molecule has 0 fully saturated rings. The summed E-state index contributed by atoms with van der Waals surface area (Å²) in [6.07, 6.45) is 0. The quantitative estimate of drug-likeness (QED) is 0.569. The van der Waals surface area contributed by atoms with Crippen LogP contribution in [0.15, 0.2) is 53.4 Å². The zero-order chi connectivity index (χ0) is 14.8. The summed E-state index contributed by atoms with van der Waals surface area (Å²) in [6.45, 7) is 1.98. The highest BCUT2D eigenvalue weighted by atomic mass is 32.2. The maximum absolute atomic E-state index is 13.8. The molecule has 4 heteroatoms. The molecule has 0 aliphatic heterocycles. The summed E-state index contributed by atoms with van der Waals surface area (Å²) in [5, 5.41) is 1.12. The van der Waals surface area contributed by atoms with Crippen LogP contribution in [0.3, 0.4) is 0 Å². The molecule has 1 aromatic heterocycles. The molecule has 3 aromatic rings. The molecule has 2 N–H and O–H groups in total. The standard InChI is InChI=1S/C17H15FN2S/c1-11-8-12(14-4-2-3-5-16(14)20-11)10-21-17-7-6-13(19)9-15(17)18/h2-9H,10,19H2,1H3. The summed E-state index contributed by atoms with van der Waals surface area (Å²) in [7, 11) is 0. The summed E-state index contributed by atoms with van der Waals surface area (Å²) in [6, 6.07) is 14.9. The number of hydrogen-bond donors (Lipinski definition) is 1. The van der Waals surface area contributed by atoms with Crippen molar-refractivity contribution in [2.24, 2.45) is 0 Å². The Bertz CT molecular complexity index is 802. The van der Waals surface area contributed by atoms with E-state index in [1.807, 2.05) is 25.1 Å². The van der Waals surface area contributed by atoms with Crippen molar-refractivity contribution < 1.29 is 4.39 Å². The molecule has 0 spiro atoms. The summed E-state index contributed by atoms with van der Waals surface area (Å²) in [4.78, 5) is 5.13. The highest BCUT2D eigenvalue weighted by Crippen LogP contribution is 2.29. The normalized spacial score (nSPS) is 11.0. The van der Waals surface area contributed by atoms with E-state index < -0.39 is 0 Å². The van der Waals surface area contributed by atoms with Gasteiger partial charge in [-0.15, -0.1) is 11.8 Å². The maximum Gasteiger partial charge on any atom is 0.138 e. The molecule has 0 saturated heterocycles. The van der Waals surface area contributed by atoms with Gasteiger partial charge in [-0.05, 0) is 42.8 Å². The summed E-state index contributed by atoms with van der Waals surface area (Å²) < 4.78 is 13.8. The Balaban J connectivity index is 1.91. The lowest BCUT2D eigenvalue weighted by molar-refractivity contribution is 0.603. The van der Waals surface area contributed by atoms with Crippen molar-refractivity contribution in [1.29, 1.82) is 0 Å². The second-order valence-corrected chi connectivity index (χ2v) is 5.94. The maximum atomic E-state index is 13.8. The third-order valence-electron chi connectivity index (χ3n) is 3.27. The average Bonchev–Trinajstić information content (AvgIpc) is 2.46. The molecule has 0 amide bonds. The van der Waals surface area contributed by atoms with Crippen LogP contribution in [-0.4, -0.2) is 4.98 Å². The van der Waals surface area contributed by atoms with Crippen molar-refractivity contribution in [2.45, 2.75) is 17.6 Å². The number of aryl methyl sites for hydroxylation is 1. The lowest BCUT2D eigenvalue weighted by Gasteiger charge is -2.08. The van der Waals surface area contributed by atoms with Crippen LogP contribution < -0.4 is 5.73 Å². The number of para-hydroxylation sites is 1. The Labute approximate surface area is 127 Å². The van der Waals surface area contributed by atoms with Gasteiger partial charge in [-0.25, -0.2) is 4.39 Å². The number of hydrogen-bond acceptors (Lipinski definition) is 3. The van der Waals surface area contributed by atoms with Crippen LogP contribution in [0, 0.1) is 12.7 Å². The van der Waals surface area contributed by atoms with Crippen LogP contribution in [0.1, 0.15) is 11.3 Å². The number of benzene rings is 2. The van der Waals surface area contributed by atoms with Crippen LogP contribution >= 0.6 is 11.8 Å². The fourth-order valence-electron chi connectivity index (χ4n) is 2.30. The van der Waals surface area contributed by atoms with Gasteiger partial charge in [0.15, 0.2) is 0 Å². The number of nitrogens with two attached hydrogens (primary N) is 1. The van der Waals surface area contributed by atoms with E-state index in [2.05, 4.69) is 17.1 Å². The molecule has 0 aliphatic rings. The van der Waals surface area contributed by atoms with Crippen LogP contribution in [0.2, 0.25) is 0 Å². The molecule has 0 aliphatic carbocycles. The van der Waals surface area contributed by atoms with Gasteiger partial charge in [-0.1, -0.05) is 18.2 Å². The number of nitrogens with zero attached hydrogens (tertiary/aromatic N) is 1. The van der Waals surface area contributed by atoms with Gasteiger partial charge in [0.1, 0.15) is 5.82 Å². The molecular weight excluding hydrogens is 283 g/mol. The van der Waals surface area contributed by atoms with Gasteiger partial charge in [-0.3, -0.25) is 4.98 Å². The predicted molar refractivity (Wildman–Crippen MR) is 86.9 cm³/mol. The molecule has 1 heterocycles. The molecule has 2 nitrogen and oxygen atoms in total. The Morgan fingerprint density at radius 2 is 1.95 bits per heavy atom. The van der Waals surface area contributed by atoms with Crippen molar-refractivity contribution >= 4 is 28.4 Å². The number of aromatic nitrogens is 1. The lowest BCUT2D eigenvalue weighted by Crippen LogP contribution is -1.92. The van der Waals surface area contributed by atoms with E-state index in [0.717, 1.165) is 16.6 Å². The SMILES string of the molecule is Cc1cc(CSc2ccc(N)cc2F)c2ccccc2n1. The second kappa shape index (κ2) is 5.74. The van der Waals surface area contributed by atoms with Crippen LogP contribution in [0.25, 0.3) is 10.9 Å². The van der Waals surface area contributed by atoms with E-state index in [1.165, 1.54) is 23.4 Å². The molecule has 3 rings (SSSR count). The van der Waals surface area contributed by atoms with E-state index in [4.69, 9.17) is 5.73 Å². The topological polar surface area (TPSA) is 38.9 Å². The zero-order valence-electron chi connectivity index (χ0n) is 11.6. The van der Waals surface area contributed by atoms with E-state index in [9.17, 15) is 4.39 Å². The molecule has 0 unspecified atom stereocenters. The molecule has 0 saturated carbocycles. The average molecular weight is 298 g/mol. The molecule has 0 bridgehead atoms. The number of pyridine rings is 1. The van der Waals surface area contributed by atoms with Crippen molar-refractivity contribution in [3.63, 3.8) is 0 Å². The largest absolute Gasteiger partial charge is 0.399 e. The van der Waals surface area contributed by atoms with Crippen LogP contribution in [0.5, 0.6) is 0 Å². The Hall–Kier alpha value is -2.07. The minimum absolute atomic E-state index is 0.268. The minimum Gasteiger partial charge on any atom is -0.399 e. The number of rotatable bonds is 3. The first-order valence-corrected chi connectivity index (χ1v) is 7.65. The summed E-state index contributed by atoms with van der Waals surface area (Å²) in [5.41, 5.74) is 9.14. The van der Waals surface area contributed by atoms with Gasteiger partial charge in [0, 0.05) is 27.4 Å². The number of anilines is 1. The number of halogens is 1. The Morgan fingerprint density at radius 1 is 1.14 bits per heavy atom. The van der Waals surface area contributed by atoms with Crippen LogP contribution in [-0.2, 0) is 5.75 Å². The van der Waals surface area contributed by atoms with Crippen molar-refractivity contribution in [3.05, 3.63) is 65.6 Å². The fourth-order valence-corrected chi connectivity index (χ4v) is 3.21. The highest BCUT2D eigenvalue weighted by molar-refractivity contribution is 7.98. The third kappa shape index (κ3) is 3.00. The first kappa shape index (κ1) is 13.9. The number of fused-ring (bicyclic) bond motifs is 1. The van der Waals surface area contributed by atoms with Crippen molar-refractivity contribution in [2.75, 3.05) is 5.73 Å². The summed E-state index contributed by atoms with van der Waals surface area (Å²) in [5.74, 6) is 0.431. The Kier molecular flexibility index (Phi) is 3.80. The van der Waals surface area contributed by atoms with Crippen molar-refractivity contribution in [1.82, 2.24) is 4.98 Å². The smallest absolute Gasteiger partial charge is 0.138 e. The van der Waals surface area contributed by atoms with Gasteiger partial charge in [-0.2, -0.15) is 0 Å². The van der Waals surface area contributed by atoms with Gasteiger partial charge in [0.2, 0.25) is 0 Å². The van der Waals surface area contributed by atoms with E-state index in [0.29, 0.717) is 16.3 Å². The van der Waals surface area contributed by atoms with Crippen molar-refractivity contribution in [3.8, 4) is 0 Å². The van der Waals surface area contributed by atoms with Gasteiger partial charge in [0.25, 0.3) is 0 Å². The van der Waals surface area contributed by atoms with E-state index >= 15 is 0 Å². The molecular formula is C17H15FN2S. The Morgan fingerprint density at radius 3 is 2.76 bits per heavy atom. The predicted octanol–water partition coefficient (Wildman–Crippen LogP) is 4.56. The number of nitrogen functional groups attached to an aromatic ring is 1. The van der Waals surface area contributed by atoms with E-state index in [1.54, 1.807) is 12.1 Å².